The molecule has 0 saturated heterocycles. The second-order valence-electron chi connectivity index (χ2n) is 1.37. The maximum Gasteiger partial charge on any atom is 0.0764 e. The van der Waals surface area contributed by atoms with Gasteiger partial charge in [-0.2, -0.15) is 0 Å². The van der Waals surface area contributed by atoms with Gasteiger partial charge < -0.3 is 0 Å². The Morgan fingerprint density at radius 3 is 2.38 bits per heavy atom. The van der Waals surface area contributed by atoms with Crippen LogP contribution in [0, 0.1) is 6.04 Å². The van der Waals surface area contributed by atoms with Crippen molar-refractivity contribution in [3.63, 3.8) is 0 Å². The molecular formula is C6H11N2. The zero-order valence-corrected chi connectivity index (χ0v) is 4.85. The van der Waals surface area contributed by atoms with Gasteiger partial charge in [0, 0.05) is 0 Å². The summed E-state index contributed by atoms with van der Waals surface area (Å²) in [5, 5.41) is 0. The molecule has 0 aromatic heterocycles. The van der Waals surface area contributed by atoms with Crippen LogP contribution in [0.15, 0.2) is 25.3 Å². The molecule has 2 nitrogen and oxygen atoms in total. The lowest BCUT2D eigenvalue weighted by Crippen LogP contribution is -2.25. The van der Waals surface area contributed by atoms with Gasteiger partial charge in [0.25, 0.3) is 0 Å². The van der Waals surface area contributed by atoms with Crippen molar-refractivity contribution in [2.24, 2.45) is 5.84 Å². The average Bonchev–Trinajstić information content (AvgIpc) is 1.83. The van der Waals surface area contributed by atoms with Gasteiger partial charge in [0.1, 0.15) is 0 Å². The molecule has 0 aliphatic heterocycles. The normalized spacial score (nSPS) is 9.25. The summed E-state index contributed by atoms with van der Waals surface area (Å²) in [5.41, 5.74) is 2.48. The van der Waals surface area contributed by atoms with Crippen LogP contribution < -0.4 is 11.3 Å². The first-order valence-corrected chi connectivity index (χ1v) is 2.41. The number of nitrogens with one attached hydrogen (secondary N) is 1. The van der Waals surface area contributed by atoms with Gasteiger partial charge in [0.05, 0.1) is 6.04 Å². The summed E-state index contributed by atoms with van der Waals surface area (Å²) in [6.45, 7) is 7.06. The summed E-state index contributed by atoms with van der Waals surface area (Å²) in [5.74, 6) is 5.06. The van der Waals surface area contributed by atoms with Crippen LogP contribution in [-0.4, -0.2) is 0 Å². The summed E-state index contributed by atoms with van der Waals surface area (Å²) in [6, 6.07) is 0.889. The Hall–Kier alpha value is -0.600. The first-order valence-electron chi connectivity index (χ1n) is 2.41. The lowest BCUT2D eigenvalue weighted by atomic mass is 10.2. The third-order valence-electron chi connectivity index (χ3n) is 0.796. The highest BCUT2D eigenvalue weighted by Crippen LogP contribution is 1.99. The molecule has 0 aliphatic carbocycles. The van der Waals surface area contributed by atoms with Crippen LogP contribution in [0.3, 0.4) is 0 Å². The van der Waals surface area contributed by atoms with Crippen LogP contribution in [0.2, 0.25) is 0 Å². The smallest absolute Gasteiger partial charge is 0.0764 e. The van der Waals surface area contributed by atoms with Crippen molar-refractivity contribution in [1.82, 2.24) is 5.43 Å². The second-order valence-corrected chi connectivity index (χ2v) is 1.37. The van der Waals surface area contributed by atoms with Crippen molar-refractivity contribution in [2.45, 2.75) is 6.42 Å². The molecule has 45 valence electrons. The molecule has 0 aromatic rings. The van der Waals surface area contributed by atoms with E-state index in [4.69, 9.17) is 5.84 Å². The van der Waals surface area contributed by atoms with Gasteiger partial charge in [-0.1, -0.05) is 12.2 Å². The Bertz CT molecular complexity index is 78.6. The molecule has 1 radical (unpaired) electrons. The van der Waals surface area contributed by atoms with Gasteiger partial charge in [0.2, 0.25) is 0 Å². The summed E-state index contributed by atoms with van der Waals surface area (Å²) >= 11 is 0. The van der Waals surface area contributed by atoms with Crippen LogP contribution >= 0.6 is 0 Å². The monoisotopic (exact) mass is 111 g/mol. The summed E-state index contributed by atoms with van der Waals surface area (Å²) in [7, 11) is 0. The van der Waals surface area contributed by atoms with E-state index >= 15 is 0 Å². The molecule has 0 saturated carbocycles. The molecule has 0 amide bonds. The Kier molecular flexibility index (Phi) is 4.21. The van der Waals surface area contributed by atoms with E-state index in [1.165, 1.54) is 0 Å². The van der Waals surface area contributed by atoms with Crippen molar-refractivity contribution < 1.29 is 0 Å². The van der Waals surface area contributed by atoms with Crippen LogP contribution in [0.4, 0.5) is 0 Å². The third-order valence-corrected chi connectivity index (χ3v) is 0.796. The third kappa shape index (κ3) is 2.55. The van der Waals surface area contributed by atoms with Crippen LogP contribution in [0.25, 0.3) is 0 Å². The van der Waals surface area contributed by atoms with Crippen molar-refractivity contribution in [3.05, 3.63) is 31.4 Å². The lowest BCUT2D eigenvalue weighted by molar-refractivity contribution is 0.765. The van der Waals surface area contributed by atoms with E-state index in [0.717, 1.165) is 12.5 Å². The standard InChI is InChI=1S/C6H11N2/c1-3-5-6(4-2)8-7/h3-4,8H,1-2,5,7H2. The van der Waals surface area contributed by atoms with Crippen molar-refractivity contribution in [2.75, 3.05) is 0 Å². The fraction of sp³-hybridized carbons (Fsp3) is 0.167. The first-order chi connectivity index (χ1) is 3.85. The molecule has 0 rings (SSSR count). The highest BCUT2D eigenvalue weighted by atomic mass is 15.2. The van der Waals surface area contributed by atoms with Gasteiger partial charge in [-0.15, -0.1) is 13.2 Å². The van der Waals surface area contributed by atoms with Gasteiger partial charge in [0.15, 0.2) is 0 Å². The SMILES string of the molecule is C=CC[C](C=C)NN. The van der Waals surface area contributed by atoms with Gasteiger partial charge in [-0.05, 0) is 6.42 Å². The summed E-state index contributed by atoms with van der Waals surface area (Å²) in [6.07, 6.45) is 4.18. The molecular weight excluding hydrogens is 100 g/mol. The highest BCUT2D eigenvalue weighted by Gasteiger charge is 1.94. The molecule has 0 unspecified atom stereocenters. The number of hydrazine groups is 1. The molecule has 2 heteroatoms. The fourth-order valence-electron chi connectivity index (χ4n) is 0.357. The maximum absolute atomic E-state index is 5.06. The fourth-order valence-corrected chi connectivity index (χ4v) is 0.357. The molecule has 3 N–H and O–H groups in total. The molecule has 0 atom stereocenters. The minimum Gasteiger partial charge on any atom is -0.271 e. The minimum absolute atomic E-state index is 0.750. The zero-order valence-electron chi connectivity index (χ0n) is 4.85. The maximum atomic E-state index is 5.06. The van der Waals surface area contributed by atoms with Crippen LogP contribution in [0.5, 0.6) is 0 Å². The predicted octanol–water partition coefficient (Wildman–Crippen LogP) is 0.744. The molecule has 0 bridgehead atoms. The minimum atomic E-state index is 0.750. The van der Waals surface area contributed by atoms with Crippen LogP contribution in [-0.2, 0) is 0 Å². The second kappa shape index (κ2) is 4.56. The van der Waals surface area contributed by atoms with E-state index in [2.05, 4.69) is 18.6 Å². The van der Waals surface area contributed by atoms with Crippen molar-refractivity contribution in [1.29, 1.82) is 0 Å². The van der Waals surface area contributed by atoms with Gasteiger partial charge in [-0.3, -0.25) is 5.84 Å². The Labute approximate surface area is 50.0 Å². The van der Waals surface area contributed by atoms with E-state index in [-0.39, 0.29) is 0 Å². The lowest BCUT2D eigenvalue weighted by Gasteiger charge is -2.03. The van der Waals surface area contributed by atoms with Crippen molar-refractivity contribution >= 4 is 0 Å². The molecule has 0 fully saturated rings. The van der Waals surface area contributed by atoms with E-state index < -0.39 is 0 Å². The first kappa shape index (κ1) is 7.40. The Balaban J connectivity index is 3.35. The van der Waals surface area contributed by atoms with Gasteiger partial charge in [-0.25, -0.2) is 5.43 Å². The van der Waals surface area contributed by atoms with E-state index in [1.807, 2.05) is 0 Å². The van der Waals surface area contributed by atoms with Crippen molar-refractivity contribution in [3.8, 4) is 0 Å². The molecule has 8 heavy (non-hydrogen) atoms. The van der Waals surface area contributed by atoms with E-state index in [1.54, 1.807) is 12.2 Å². The summed E-state index contributed by atoms with van der Waals surface area (Å²) < 4.78 is 0. The largest absolute Gasteiger partial charge is 0.271 e. The Morgan fingerprint density at radius 1 is 1.62 bits per heavy atom. The quantitative estimate of drug-likeness (QED) is 0.319. The number of hydrogen-bond acceptors (Lipinski definition) is 2. The zero-order chi connectivity index (χ0) is 6.41. The number of rotatable bonds is 4. The predicted molar refractivity (Wildman–Crippen MR) is 35.6 cm³/mol. The Morgan fingerprint density at radius 2 is 2.25 bits per heavy atom. The van der Waals surface area contributed by atoms with Crippen LogP contribution in [0.1, 0.15) is 6.42 Å². The molecule has 0 aliphatic rings. The molecule has 0 heterocycles. The number of hydrogen-bond donors (Lipinski definition) is 2. The highest BCUT2D eigenvalue weighted by molar-refractivity contribution is 5.05. The summed E-state index contributed by atoms with van der Waals surface area (Å²) in [4.78, 5) is 0. The molecule has 0 spiro atoms. The average molecular weight is 111 g/mol. The topological polar surface area (TPSA) is 38.0 Å². The number of nitrogens with two attached hydrogens (primary N) is 1. The van der Waals surface area contributed by atoms with Gasteiger partial charge >= 0.3 is 0 Å². The van der Waals surface area contributed by atoms with E-state index in [9.17, 15) is 0 Å². The van der Waals surface area contributed by atoms with E-state index in [0.29, 0.717) is 0 Å². The molecule has 0 aromatic carbocycles.